The molecule has 27 heavy (non-hydrogen) atoms. The highest BCUT2D eigenvalue weighted by Gasteiger charge is 2.14. The molecule has 1 aromatic carbocycles. The van der Waals surface area contributed by atoms with E-state index in [2.05, 4.69) is 19.2 Å². The first-order chi connectivity index (χ1) is 13.2. The zero-order valence-electron chi connectivity index (χ0n) is 14.6. The number of furan rings is 1. The van der Waals surface area contributed by atoms with Crippen molar-refractivity contribution in [1.82, 2.24) is 23.8 Å². The first-order valence-electron chi connectivity index (χ1n) is 8.34. The minimum absolute atomic E-state index is 0.184. The molecule has 0 radical (unpaired) electrons. The number of aromatic nitrogens is 4. The van der Waals surface area contributed by atoms with Crippen LogP contribution in [0.15, 0.2) is 47.1 Å². The largest absolute Gasteiger partial charge is 0.463 e. The second-order valence-corrected chi connectivity index (χ2v) is 6.39. The van der Waals surface area contributed by atoms with Crippen LogP contribution in [-0.4, -0.2) is 38.2 Å². The fourth-order valence-corrected chi connectivity index (χ4v) is 3.24. The van der Waals surface area contributed by atoms with Gasteiger partial charge in [0.2, 0.25) is 0 Å². The van der Waals surface area contributed by atoms with Gasteiger partial charge in [-0.2, -0.15) is 13.8 Å². The molecule has 0 unspecified atom stereocenters. The number of hydrogen-bond donors (Lipinski definition) is 1. The van der Waals surface area contributed by atoms with Crippen LogP contribution >= 0.6 is 11.7 Å². The molecule has 0 saturated carbocycles. The first kappa shape index (κ1) is 17.4. The molecule has 0 aliphatic heterocycles. The summed E-state index contributed by atoms with van der Waals surface area (Å²) in [6.07, 6.45) is 1.62. The molecular weight excluding hydrogens is 366 g/mol. The summed E-state index contributed by atoms with van der Waals surface area (Å²) in [5, 5.41) is 7.44. The molecule has 0 aliphatic rings. The second kappa shape index (κ2) is 7.68. The summed E-state index contributed by atoms with van der Waals surface area (Å²) in [6, 6.07) is 10.9. The first-order valence-corrected chi connectivity index (χ1v) is 9.07. The number of nitrogens with zero attached hydrogens (tertiary/aromatic N) is 4. The minimum atomic E-state index is -0.184. The molecule has 0 aliphatic carbocycles. The molecule has 8 nitrogen and oxygen atoms in total. The fourth-order valence-electron chi connectivity index (χ4n) is 2.72. The quantitative estimate of drug-likeness (QED) is 0.527. The maximum atomic E-state index is 12.4. The Labute approximate surface area is 159 Å². The fraction of sp³-hybridized carbons (Fsp3) is 0.222. The predicted molar refractivity (Wildman–Crippen MR) is 100 cm³/mol. The smallest absolute Gasteiger partial charge is 0.251 e. The van der Waals surface area contributed by atoms with Crippen molar-refractivity contribution < 1.29 is 13.9 Å². The summed E-state index contributed by atoms with van der Waals surface area (Å²) in [5.74, 6) is 0.536. The lowest BCUT2D eigenvalue weighted by Crippen LogP contribution is -2.23. The Morgan fingerprint density at radius 2 is 2.15 bits per heavy atom. The van der Waals surface area contributed by atoms with E-state index >= 15 is 0 Å². The van der Waals surface area contributed by atoms with Gasteiger partial charge in [-0.25, -0.2) is 0 Å². The van der Waals surface area contributed by atoms with E-state index in [-0.39, 0.29) is 5.91 Å². The van der Waals surface area contributed by atoms with Crippen LogP contribution in [0.25, 0.3) is 22.5 Å². The summed E-state index contributed by atoms with van der Waals surface area (Å²) in [4.78, 5) is 12.4. The van der Waals surface area contributed by atoms with E-state index in [9.17, 15) is 4.79 Å². The molecule has 1 N–H and O–H groups in total. The van der Waals surface area contributed by atoms with Gasteiger partial charge in [0, 0.05) is 12.7 Å². The number of rotatable bonds is 7. The molecular formula is C18H17N5O3S. The Hall–Kier alpha value is -3.04. The van der Waals surface area contributed by atoms with Gasteiger partial charge in [0.15, 0.2) is 5.76 Å². The number of benzene rings is 1. The molecule has 9 heteroatoms. The van der Waals surface area contributed by atoms with E-state index in [1.54, 1.807) is 31.6 Å². The van der Waals surface area contributed by atoms with Gasteiger partial charge in [0.25, 0.3) is 5.91 Å². The van der Waals surface area contributed by atoms with Crippen LogP contribution in [0.1, 0.15) is 16.1 Å². The van der Waals surface area contributed by atoms with Crippen LogP contribution in [0, 0.1) is 0 Å². The maximum absolute atomic E-state index is 12.4. The molecule has 0 atom stereocenters. The van der Waals surface area contributed by atoms with Crippen molar-refractivity contribution in [1.29, 1.82) is 0 Å². The van der Waals surface area contributed by atoms with E-state index in [0.717, 1.165) is 39.9 Å². The predicted octanol–water partition coefficient (Wildman–Crippen LogP) is 2.72. The third-order valence-electron chi connectivity index (χ3n) is 4.06. The standard InChI is InChI=1S/C18H17N5O3S/c1-25-8-6-23-16(17-3-2-7-26-17)10-13(20-23)11-19-18(24)12-4-5-14-15(9-12)22-27-21-14/h2-5,7,9-10H,6,8,11H2,1H3,(H,19,24). The highest BCUT2D eigenvalue weighted by Crippen LogP contribution is 2.21. The van der Waals surface area contributed by atoms with E-state index < -0.39 is 0 Å². The third-order valence-corrected chi connectivity index (χ3v) is 4.61. The zero-order chi connectivity index (χ0) is 18.6. The number of amides is 1. The van der Waals surface area contributed by atoms with Gasteiger partial charge in [-0.3, -0.25) is 9.48 Å². The van der Waals surface area contributed by atoms with Crippen molar-refractivity contribution >= 4 is 28.7 Å². The minimum Gasteiger partial charge on any atom is -0.463 e. The number of methoxy groups -OCH3 is 1. The van der Waals surface area contributed by atoms with E-state index in [1.807, 2.05) is 22.9 Å². The van der Waals surface area contributed by atoms with Crippen LogP contribution in [0.3, 0.4) is 0 Å². The van der Waals surface area contributed by atoms with Crippen LogP contribution in [-0.2, 0) is 17.8 Å². The Bertz CT molecular complexity index is 1050. The number of ether oxygens (including phenoxy) is 1. The van der Waals surface area contributed by atoms with Crippen LogP contribution in [0.5, 0.6) is 0 Å². The normalized spacial score (nSPS) is 11.1. The zero-order valence-corrected chi connectivity index (χ0v) is 15.4. The molecule has 0 saturated heterocycles. The number of carbonyl (C=O) groups is 1. The summed E-state index contributed by atoms with van der Waals surface area (Å²) < 4.78 is 20.7. The van der Waals surface area contributed by atoms with Gasteiger partial charge < -0.3 is 14.5 Å². The van der Waals surface area contributed by atoms with Crippen molar-refractivity contribution in [2.45, 2.75) is 13.1 Å². The van der Waals surface area contributed by atoms with E-state index in [1.165, 1.54) is 0 Å². The monoisotopic (exact) mass is 383 g/mol. The van der Waals surface area contributed by atoms with Crippen LogP contribution in [0.2, 0.25) is 0 Å². The van der Waals surface area contributed by atoms with Crippen molar-refractivity contribution in [2.24, 2.45) is 0 Å². The molecule has 3 heterocycles. The molecule has 0 spiro atoms. The van der Waals surface area contributed by atoms with Gasteiger partial charge in [-0.05, 0) is 36.4 Å². The number of fused-ring (bicyclic) bond motifs is 1. The summed E-state index contributed by atoms with van der Waals surface area (Å²) in [5.41, 5.74) is 3.63. The third kappa shape index (κ3) is 3.74. The highest BCUT2D eigenvalue weighted by atomic mass is 32.1. The van der Waals surface area contributed by atoms with Crippen LogP contribution in [0.4, 0.5) is 0 Å². The van der Waals surface area contributed by atoms with E-state index in [4.69, 9.17) is 9.15 Å². The number of nitrogens with one attached hydrogen (secondary N) is 1. The van der Waals surface area contributed by atoms with Gasteiger partial charge in [0.1, 0.15) is 16.7 Å². The summed E-state index contributed by atoms with van der Waals surface area (Å²) in [7, 11) is 1.64. The lowest BCUT2D eigenvalue weighted by Gasteiger charge is -2.04. The average Bonchev–Trinajstić information content (AvgIpc) is 3.43. The molecule has 0 bridgehead atoms. The average molecular weight is 383 g/mol. The molecule has 0 fully saturated rings. The van der Waals surface area contributed by atoms with Gasteiger partial charge in [-0.15, -0.1) is 0 Å². The number of carbonyl (C=O) groups excluding carboxylic acids is 1. The van der Waals surface area contributed by atoms with E-state index in [0.29, 0.717) is 25.3 Å². The number of hydrogen-bond acceptors (Lipinski definition) is 7. The van der Waals surface area contributed by atoms with Crippen molar-refractivity contribution in [3.05, 3.63) is 53.9 Å². The molecule has 1 amide bonds. The summed E-state index contributed by atoms with van der Waals surface area (Å²) in [6.45, 7) is 1.43. The summed E-state index contributed by atoms with van der Waals surface area (Å²) >= 11 is 1.13. The Morgan fingerprint density at radius 3 is 2.96 bits per heavy atom. The Kier molecular flexibility index (Phi) is 4.95. The van der Waals surface area contributed by atoms with Crippen molar-refractivity contribution in [3.63, 3.8) is 0 Å². The van der Waals surface area contributed by atoms with Gasteiger partial charge in [-0.1, -0.05) is 0 Å². The lowest BCUT2D eigenvalue weighted by molar-refractivity contribution is 0.0950. The molecule has 4 aromatic rings. The molecule has 138 valence electrons. The lowest BCUT2D eigenvalue weighted by atomic mass is 10.2. The van der Waals surface area contributed by atoms with Gasteiger partial charge in [0.05, 0.1) is 43.4 Å². The van der Waals surface area contributed by atoms with Crippen LogP contribution < -0.4 is 5.32 Å². The second-order valence-electron chi connectivity index (χ2n) is 5.86. The van der Waals surface area contributed by atoms with Crippen molar-refractivity contribution in [2.75, 3.05) is 13.7 Å². The molecule has 4 rings (SSSR count). The Morgan fingerprint density at radius 1 is 1.26 bits per heavy atom. The topological polar surface area (TPSA) is 95.1 Å². The highest BCUT2D eigenvalue weighted by molar-refractivity contribution is 7.00. The Balaban J connectivity index is 1.49. The van der Waals surface area contributed by atoms with Gasteiger partial charge >= 0.3 is 0 Å². The van der Waals surface area contributed by atoms with Crippen molar-refractivity contribution in [3.8, 4) is 11.5 Å². The SMILES string of the molecule is COCCn1nc(CNC(=O)c2ccc3nsnc3c2)cc1-c1ccco1. The maximum Gasteiger partial charge on any atom is 0.251 e. The molecule has 3 aromatic heterocycles.